The highest BCUT2D eigenvalue weighted by Gasteiger charge is 2.22. The van der Waals surface area contributed by atoms with Gasteiger partial charge in [-0.15, -0.1) is 0 Å². The van der Waals surface area contributed by atoms with Crippen LogP contribution in [0.5, 0.6) is 5.75 Å². The molecule has 3 heteroatoms. The Balaban J connectivity index is 2.67. The fourth-order valence-corrected chi connectivity index (χ4v) is 1.71. The van der Waals surface area contributed by atoms with Gasteiger partial charge >= 0.3 is 0 Å². The number of aliphatic hydroxyl groups excluding tert-OH is 1. The molecule has 18 heavy (non-hydrogen) atoms. The molecule has 1 N–H and O–H groups in total. The number of hydrogen-bond acceptors (Lipinski definition) is 3. The van der Waals surface area contributed by atoms with Gasteiger partial charge in [-0.3, -0.25) is 0 Å². The van der Waals surface area contributed by atoms with Crippen molar-refractivity contribution in [2.75, 3.05) is 7.11 Å². The van der Waals surface area contributed by atoms with Crippen LogP contribution in [0.2, 0.25) is 0 Å². The molecule has 0 aromatic heterocycles. The molecule has 0 heterocycles. The Labute approximate surface area is 110 Å². The first-order chi connectivity index (χ1) is 8.34. The SMILES string of the molecule is COC(C)(C)CC(O)c1ccc(OC(C)C)cc1. The Hall–Kier alpha value is -1.06. The zero-order chi connectivity index (χ0) is 13.8. The maximum atomic E-state index is 10.1. The third-order valence-corrected chi connectivity index (χ3v) is 2.87. The third-order valence-electron chi connectivity index (χ3n) is 2.87. The number of methoxy groups -OCH3 is 1. The molecule has 1 aromatic rings. The van der Waals surface area contributed by atoms with Crippen LogP contribution in [0, 0.1) is 0 Å². The quantitative estimate of drug-likeness (QED) is 0.844. The summed E-state index contributed by atoms with van der Waals surface area (Å²) in [6.45, 7) is 7.91. The minimum absolute atomic E-state index is 0.160. The summed E-state index contributed by atoms with van der Waals surface area (Å²) in [7, 11) is 1.66. The molecule has 102 valence electrons. The van der Waals surface area contributed by atoms with Crippen LogP contribution < -0.4 is 4.74 Å². The van der Waals surface area contributed by atoms with Crippen molar-refractivity contribution in [2.24, 2.45) is 0 Å². The highest BCUT2D eigenvalue weighted by molar-refractivity contribution is 5.28. The van der Waals surface area contributed by atoms with E-state index in [9.17, 15) is 5.11 Å². The average molecular weight is 252 g/mol. The first kappa shape index (κ1) is 15.0. The van der Waals surface area contributed by atoms with Gasteiger partial charge in [0, 0.05) is 13.5 Å². The number of benzene rings is 1. The van der Waals surface area contributed by atoms with Crippen LogP contribution in [0.4, 0.5) is 0 Å². The van der Waals surface area contributed by atoms with E-state index < -0.39 is 6.10 Å². The summed E-state index contributed by atoms with van der Waals surface area (Å²) < 4.78 is 10.9. The molecule has 0 saturated heterocycles. The van der Waals surface area contributed by atoms with Gasteiger partial charge in [0.2, 0.25) is 0 Å². The third kappa shape index (κ3) is 4.67. The lowest BCUT2D eigenvalue weighted by molar-refractivity contribution is -0.0201. The molecule has 1 aromatic carbocycles. The van der Waals surface area contributed by atoms with Crippen molar-refractivity contribution in [3.8, 4) is 5.75 Å². The Kier molecular flexibility index (Phi) is 5.17. The Morgan fingerprint density at radius 3 is 2.17 bits per heavy atom. The lowest BCUT2D eigenvalue weighted by Gasteiger charge is -2.26. The first-order valence-electron chi connectivity index (χ1n) is 6.34. The van der Waals surface area contributed by atoms with Crippen molar-refractivity contribution in [1.29, 1.82) is 0 Å². The van der Waals surface area contributed by atoms with Gasteiger partial charge in [0.15, 0.2) is 0 Å². The molecule has 1 rings (SSSR count). The van der Waals surface area contributed by atoms with Crippen molar-refractivity contribution in [3.05, 3.63) is 29.8 Å². The molecule has 0 aliphatic carbocycles. The summed E-state index contributed by atoms with van der Waals surface area (Å²) in [4.78, 5) is 0. The predicted molar refractivity (Wildman–Crippen MR) is 72.9 cm³/mol. The summed E-state index contributed by atoms with van der Waals surface area (Å²) in [5.41, 5.74) is 0.559. The molecule has 3 nitrogen and oxygen atoms in total. The fourth-order valence-electron chi connectivity index (χ4n) is 1.71. The minimum atomic E-state index is -0.520. The molecule has 0 aliphatic rings. The van der Waals surface area contributed by atoms with Gasteiger partial charge in [0.05, 0.1) is 17.8 Å². The minimum Gasteiger partial charge on any atom is -0.491 e. The van der Waals surface area contributed by atoms with Gasteiger partial charge in [-0.2, -0.15) is 0 Å². The normalized spacial score (nSPS) is 13.7. The van der Waals surface area contributed by atoms with Crippen LogP contribution in [0.1, 0.15) is 45.8 Å². The predicted octanol–water partition coefficient (Wildman–Crippen LogP) is 3.32. The van der Waals surface area contributed by atoms with E-state index in [4.69, 9.17) is 9.47 Å². The van der Waals surface area contributed by atoms with E-state index in [1.807, 2.05) is 52.0 Å². The van der Waals surface area contributed by atoms with Gasteiger partial charge < -0.3 is 14.6 Å². The second kappa shape index (κ2) is 6.21. The topological polar surface area (TPSA) is 38.7 Å². The molecule has 1 atom stereocenters. The average Bonchev–Trinajstić information content (AvgIpc) is 2.28. The van der Waals surface area contributed by atoms with Crippen LogP contribution in [0.15, 0.2) is 24.3 Å². The van der Waals surface area contributed by atoms with Crippen LogP contribution in [-0.4, -0.2) is 23.9 Å². The number of aliphatic hydroxyl groups is 1. The van der Waals surface area contributed by atoms with E-state index >= 15 is 0 Å². The summed E-state index contributed by atoms with van der Waals surface area (Å²) in [5, 5.41) is 10.1. The first-order valence-corrected chi connectivity index (χ1v) is 6.34. The zero-order valence-corrected chi connectivity index (χ0v) is 11.9. The highest BCUT2D eigenvalue weighted by Crippen LogP contribution is 2.27. The largest absolute Gasteiger partial charge is 0.491 e. The van der Waals surface area contributed by atoms with E-state index in [2.05, 4.69) is 0 Å². The van der Waals surface area contributed by atoms with Crippen LogP contribution in [0.3, 0.4) is 0 Å². The fraction of sp³-hybridized carbons (Fsp3) is 0.600. The monoisotopic (exact) mass is 252 g/mol. The van der Waals surface area contributed by atoms with Crippen LogP contribution >= 0.6 is 0 Å². The molecule has 0 radical (unpaired) electrons. The summed E-state index contributed by atoms with van der Waals surface area (Å²) >= 11 is 0. The lowest BCUT2D eigenvalue weighted by atomic mass is 9.96. The zero-order valence-electron chi connectivity index (χ0n) is 11.9. The van der Waals surface area contributed by atoms with E-state index in [0.717, 1.165) is 11.3 Å². The van der Waals surface area contributed by atoms with Crippen molar-refractivity contribution in [1.82, 2.24) is 0 Å². The van der Waals surface area contributed by atoms with Crippen LogP contribution in [0.25, 0.3) is 0 Å². The molecule has 0 spiro atoms. The number of hydrogen-bond donors (Lipinski definition) is 1. The summed E-state index contributed by atoms with van der Waals surface area (Å²) in [6.07, 6.45) is 0.203. The standard InChI is InChI=1S/C15H24O3/c1-11(2)18-13-8-6-12(7-9-13)14(16)10-15(3,4)17-5/h6-9,11,14,16H,10H2,1-5H3. The van der Waals surface area contributed by atoms with E-state index in [-0.39, 0.29) is 11.7 Å². The second-order valence-electron chi connectivity index (χ2n) is 5.42. The van der Waals surface area contributed by atoms with Gasteiger partial charge in [-0.05, 0) is 45.4 Å². The van der Waals surface area contributed by atoms with Gasteiger partial charge in [-0.1, -0.05) is 12.1 Å². The molecule has 0 saturated carbocycles. The van der Waals surface area contributed by atoms with Crippen molar-refractivity contribution < 1.29 is 14.6 Å². The summed E-state index contributed by atoms with van der Waals surface area (Å²) in [5.74, 6) is 0.826. The molecular formula is C15H24O3. The van der Waals surface area contributed by atoms with Gasteiger partial charge in [0.25, 0.3) is 0 Å². The van der Waals surface area contributed by atoms with E-state index in [1.54, 1.807) is 7.11 Å². The summed E-state index contributed by atoms with van der Waals surface area (Å²) in [6, 6.07) is 7.57. The second-order valence-corrected chi connectivity index (χ2v) is 5.42. The molecule has 0 aliphatic heterocycles. The van der Waals surface area contributed by atoms with Gasteiger partial charge in [-0.25, -0.2) is 0 Å². The Morgan fingerprint density at radius 1 is 1.17 bits per heavy atom. The molecule has 1 unspecified atom stereocenters. The molecular weight excluding hydrogens is 228 g/mol. The number of ether oxygens (including phenoxy) is 2. The molecule has 0 amide bonds. The van der Waals surface area contributed by atoms with Crippen molar-refractivity contribution in [3.63, 3.8) is 0 Å². The number of rotatable bonds is 6. The Morgan fingerprint density at radius 2 is 1.72 bits per heavy atom. The van der Waals surface area contributed by atoms with Crippen LogP contribution in [-0.2, 0) is 4.74 Å². The van der Waals surface area contributed by atoms with E-state index in [0.29, 0.717) is 6.42 Å². The molecule has 0 bridgehead atoms. The van der Waals surface area contributed by atoms with Crippen molar-refractivity contribution >= 4 is 0 Å². The van der Waals surface area contributed by atoms with E-state index in [1.165, 1.54) is 0 Å². The maximum Gasteiger partial charge on any atom is 0.119 e. The van der Waals surface area contributed by atoms with Gasteiger partial charge in [0.1, 0.15) is 5.75 Å². The maximum absolute atomic E-state index is 10.1. The molecule has 0 fully saturated rings. The van der Waals surface area contributed by atoms with Crippen molar-refractivity contribution in [2.45, 2.75) is 51.9 Å². The lowest BCUT2D eigenvalue weighted by Crippen LogP contribution is -2.25. The Bertz CT molecular complexity index is 355. The highest BCUT2D eigenvalue weighted by atomic mass is 16.5. The smallest absolute Gasteiger partial charge is 0.119 e.